The van der Waals surface area contributed by atoms with Crippen molar-refractivity contribution in [1.82, 2.24) is 0 Å². The molecule has 1 amide bonds. The monoisotopic (exact) mass is 598 g/mol. The molecule has 1 rings (SSSR count). The Morgan fingerprint density at radius 3 is 1.63 bits per heavy atom. The number of Topliss-reactive ketones (excluding diaryl/α,β-unsaturated/α-hetero) is 2. The number of benzene rings is 1. The van der Waals surface area contributed by atoms with Crippen LogP contribution in [0.4, 0.5) is 5.69 Å². The highest BCUT2D eigenvalue weighted by atomic mass is 32.2. The number of nitrogens with one attached hydrogen (secondary N) is 1. The number of rotatable bonds is 11. The van der Waals surface area contributed by atoms with Crippen LogP contribution in [-0.2, 0) is 51.6 Å². The quantitative estimate of drug-likeness (QED) is 0.127. The standard InChI is InChI=1S/C8H8N4O3S.C5H9N2O4P.C5H11O4P/c1-6(13)10-7-2-4-8(5-3-7)16(14,15)12-11-9;1-4(8)5(7-6)12(9,10-2)11-3;1-5(6)4-10(7,8-2)9-3/h2-5H,1H3,(H,10,13);1-3H3;4H2,1-3H3. The summed E-state index contributed by atoms with van der Waals surface area (Å²) >= 11 is 0. The largest absolute Gasteiger partial charge is 0.446 e. The van der Waals surface area contributed by atoms with Crippen LogP contribution in [0.25, 0.3) is 16.0 Å². The fourth-order valence-electron chi connectivity index (χ4n) is 2.05. The Morgan fingerprint density at radius 2 is 1.39 bits per heavy atom. The highest BCUT2D eigenvalue weighted by Crippen LogP contribution is 2.47. The van der Waals surface area contributed by atoms with E-state index in [-0.39, 0.29) is 22.7 Å². The van der Waals surface area contributed by atoms with Gasteiger partial charge in [0.2, 0.25) is 11.7 Å². The van der Waals surface area contributed by atoms with Gasteiger partial charge in [0, 0.05) is 57.4 Å². The summed E-state index contributed by atoms with van der Waals surface area (Å²) in [4.78, 5) is 36.5. The highest BCUT2D eigenvalue weighted by Gasteiger charge is 2.41. The van der Waals surface area contributed by atoms with Crippen LogP contribution < -0.4 is 5.32 Å². The van der Waals surface area contributed by atoms with E-state index in [1.165, 1.54) is 52.3 Å². The van der Waals surface area contributed by atoms with Crippen LogP contribution in [0.15, 0.2) is 33.7 Å². The van der Waals surface area contributed by atoms with Gasteiger partial charge in [-0.2, -0.15) is 4.79 Å². The first-order valence-corrected chi connectivity index (χ1v) is 14.6. The second-order valence-corrected chi connectivity index (χ2v) is 12.5. The smallest absolute Gasteiger partial charge is 0.360 e. The molecule has 17 nitrogen and oxygen atoms in total. The van der Waals surface area contributed by atoms with E-state index in [0.717, 1.165) is 21.1 Å². The molecule has 0 atom stereocenters. The molecule has 1 N–H and O–H groups in total. The van der Waals surface area contributed by atoms with E-state index in [2.05, 4.69) is 37.6 Å². The molecule has 0 bridgehead atoms. The topological polar surface area (TPSA) is 254 Å². The van der Waals surface area contributed by atoms with Crippen molar-refractivity contribution in [3.63, 3.8) is 0 Å². The van der Waals surface area contributed by atoms with E-state index < -0.39 is 36.5 Å². The van der Waals surface area contributed by atoms with Crippen LogP contribution in [0.1, 0.15) is 20.8 Å². The van der Waals surface area contributed by atoms with E-state index in [9.17, 15) is 31.9 Å². The highest BCUT2D eigenvalue weighted by molar-refractivity contribution is 7.90. The summed E-state index contributed by atoms with van der Waals surface area (Å²) in [6.07, 6.45) is -0.153. The predicted octanol–water partition coefficient (Wildman–Crippen LogP) is 3.39. The van der Waals surface area contributed by atoms with Crippen molar-refractivity contribution in [3.8, 4) is 0 Å². The molecule has 0 unspecified atom stereocenters. The molecule has 0 fully saturated rings. The van der Waals surface area contributed by atoms with E-state index in [1.54, 1.807) is 0 Å². The summed E-state index contributed by atoms with van der Waals surface area (Å²) in [5, 5.41) is 2.48. The summed E-state index contributed by atoms with van der Waals surface area (Å²) in [6.45, 7) is 3.77. The van der Waals surface area contributed by atoms with Crippen molar-refractivity contribution in [2.75, 3.05) is 39.9 Å². The molecule has 0 aliphatic heterocycles. The van der Waals surface area contributed by atoms with Crippen LogP contribution >= 0.6 is 15.2 Å². The van der Waals surface area contributed by atoms with Gasteiger partial charge >= 0.3 is 20.6 Å². The van der Waals surface area contributed by atoms with Gasteiger partial charge in [-0.1, -0.05) is 0 Å². The Bertz CT molecular complexity index is 1270. The maximum atomic E-state index is 11.4. The van der Waals surface area contributed by atoms with Gasteiger partial charge in [0.05, 0.1) is 4.90 Å². The van der Waals surface area contributed by atoms with Crippen molar-refractivity contribution in [3.05, 3.63) is 40.2 Å². The van der Waals surface area contributed by atoms with E-state index >= 15 is 0 Å². The van der Waals surface area contributed by atoms with Gasteiger partial charge in [0.25, 0.3) is 10.0 Å². The lowest BCUT2D eigenvalue weighted by Gasteiger charge is -2.10. The van der Waals surface area contributed by atoms with Crippen LogP contribution in [0, 0.1) is 0 Å². The van der Waals surface area contributed by atoms with Gasteiger partial charge < -0.3 is 28.9 Å². The SMILES string of the molecule is CC(=O)Nc1ccc(S(=O)(=O)N=[N+]=[N-])cc1.COP(=O)(CC(C)=O)OC.COP(=O)(OC)C(=[N+]=[N-])C(C)=O. The van der Waals surface area contributed by atoms with Gasteiger partial charge in [0.1, 0.15) is 11.9 Å². The number of azide groups is 1. The van der Waals surface area contributed by atoms with Crippen molar-refractivity contribution in [1.29, 1.82) is 0 Å². The van der Waals surface area contributed by atoms with Crippen molar-refractivity contribution in [2.45, 2.75) is 25.7 Å². The molecular formula is C18H28N6O11P2S. The number of anilines is 1. The first kappa shape index (κ1) is 37.1. The minimum Gasteiger partial charge on any atom is -0.360 e. The molecule has 0 aromatic heterocycles. The second-order valence-electron chi connectivity index (χ2n) is 6.53. The van der Waals surface area contributed by atoms with Crippen LogP contribution in [0.5, 0.6) is 0 Å². The number of hydrogen-bond acceptors (Lipinski definition) is 11. The summed E-state index contributed by atoms with van der Waals surface area (Å²) < 4.78 is 65.5. The number of ketones is 2. The predicted molar refractivity (Wildman–Crippen MR) is 135 cm³/mol. The van der Waals surface area contributed by atoms with E-state index in [0.29, 0.717) is 5.69 Å². The molecule has 0 aliphatic carbocycles. The molecule has 0 saturated carbocycles. The lowest BCUT2D eigenvalue weighted by Crippen LogP contribution is -2.13. The number of nitrogens with zero attached hydrogens (tertiary/aromatic N) is 5. The molecular weight excluding hydrogens is 570 g/mol. The first-order valence-electron chi connectivity index (χ1n) is 9.85. The average Bonchev–Trinajstić information content (AvgIpc) is 2.84. The third-order valence-corrected chi connectivity index (χ3v) is 8.72. The summed E-state index contributed by atoms with van der Waals surface area (Å²) in [6, 6.07) is 5.30. The fourth-order valence-corrected chi connectivity index (χ4v) is 4.66. The summed E-state index contributed by atoms with van der Waals surface area (Å²) in [7, 11) is -6.04. The molecule has 0 saturated heterocycles. The van der Waals surface area contributed by atoms with Gasteiger partial charge in [0.15, 0.2) is 0 Å². The van der Waals surface area contributed by atoms with Gasteiger partial charge in [-0.25, -0.2) is 13.0 Å². The molecule has 1 aromatic carbocycles. The zero-order valence-corrected chi connectivity index (χ0v) is 24.2. The number of amides is 1. The van der Waals surface area contributed by atoms with Crippen LogP contribution in [-0.4, -0.2) is 70.7 Å². The number of hydrogen-bond donors (Lipinski definition) is 1. The fraction of sp³-hybridized carbons (Fsp3) is 0.444. The minimum atomic E-state index is -3.96. The average molecular weight is 598 g/mol. The zero-order chi connectivity index (χ0) is 30.2. The zero-order valence-electron chi connectivity index (χ0n) is 21.5. The maximum Gasteiger partial charge on any atom is 0.446 e. The Balaban J connectivity index is 0. The molecule has 20 heteroatoms. The summed E-state index contributed by atoms with van der Waals surface area (Å²) in [5.41, 5.74) is 16.2. The molecule has 0 heterocycles. The van der Waals surface area contributed by atoms with Crippen LogP contribution in [0.2, 0.25) is 0 Å². The summed E-state index contributed by atoms with van der Waals surface area (Å²) in [5.74, 6) is -1.12. The lowest BCUT2D eigenvalue weighted by atomic mass is 10.3. The second kappa shape index (κ2) is 17.5. The van der Waals surface area contributed by atoms with Gasteiger partial charge in [-0.15, -0.1) is 0 Å². The Labute approximate surface area is 219 Å². The molecule has 0 spiro atoms. The van der Waals surface area contributed by atoms with E-state index in [4.69, 9.17) is 11.1 Å². The van der Waals surface area contributed by atoms with Gasteiger partial charge in [-0.3, -0.25) is 18.9 Å². The Morgan fingerprint density at radius 1 is 0.921 bits per heavy atom. The van der Waals surface area contributed by atoms with Crippen molar-refractivity contribution >= 4 is 53.8 Å². The first-order chi connectivity index (χ1) is 17.5. The minimum absolute atomic E-state index is 0.126. The maximum absolute atomic E-state index is 11.4. The molecule has 212 valence electrons. The molecule has 1 aromatic rings. The van der Waals surface area contributed by atoms with Crippen LogP contribution in [0.3, 0.4) is 0 Å². The Kier molecular flexibility index (Phi) is 17.1. The third kappa shape index (κ3) is 13.5. The van der Waals surface area contributed by atoms with E-state index in [1.807, 2.05) is 0 Å². The number of carbonyl (C=O) groups is 3. The van der Waals surface area contributed by atoms with Crippen molar-refractivity contribution in [2.24, 2.45) is 4.52 Å². The Hall–Kier alpha value is -3.03. The molecule has 0 aliphatic rings. The molecule has 0 radical (unpaired) electrons. The number of sulfonamides is 1. The van der Waals surface area contributed by atoms with Gasteiger partial charge in [-0.05, 0) is 36.7 Å². The van der Waals surface area contributed by atoms with Crippen molar-refractivity contribution < 1.29 is 54.8 Å². The molecule has 38 heavy (non-hydrogen) atoms. The third-order valence-electron chi connectivity index (χ3n) is 3.74. The lowest BCUT2D eigenvalue weighted by molar-refractivity contribution is -0.115. The number of carbonyl (C=O) groups excluding carboxylic acids is 3. The normalized spacial score (nSPS) is 10.7.